The Bertz CT molecular complexity index is 634. The zero-order valence-corrected chi connectivity index (χ0v) is 13.9. The average molecular weight is 340 g/mol. The molecule has 2 rings (SSSR count). The third-order valence-corrected chi connectivity index (χ3v) is 3.63. The SMILES string of the molecule is CCN(Cc1ccccc1Cl)C(=O)c1ccnc(CN)c1.Cl. The van der Waals surface area contributed by atoms with Crippen LogP contribution >= 0.6 is 24.0 Å². The van der Waals surface area contributed by atoms with Crippen LogP contribution in [-0.4, -0.2) is 22.3 Å². The number of rotatable bonds is 5. The van der Waals surface area contributed by atoms with Crippen molar-refractivity contribution in [2.75, 3.05) is 6.54 Å². The number of carbonyl (C=O) groups excluding carboxylic acids is 1. The Morgan fingerprint density at radius 1 is 1.32 bits per heavy atom. The summed E-state index contributed by atoms with van der Waals surface area (Å²) in [7, 11) is 0. The minimum absolute atomic E-state index is 0. The minimum Gasteiger partial charge on any atom is -0.335 e. The van der Waals surface area contributed by atoms with Gasteiger partial charge < -0.3 is 10.6 Å². The fourth-order valence-corrected chi connectivity index (χ4v) is 2.26. The van der Waals surface area contributed by atoms with Gasteiger partial charge in [-0.2, -0.15) is 0 Å². The first kappa shape index (κ1) is 18.4. The number of hydrogen-bond acceptors (Lipinski definition) is 3. The van der Waals surface area contributed by atoms with Gasteiger partial charge in [0.05, 0.1) is 5.69 Å². The molecule has 0 aliphatic rings. The van der Waals surface area contributed by atoms with Gasteiger partial charge in [-0.3, -0.25) is 9.78 Å². The van der Waals surface area contributed by atoms with Crippen molar-refractivity contribution in [2.45, 2.75) is 20.0 Å². The van der Waals surface area contributed by atoms with E-state index >= 15 is 0 Å². The summed E-state index contributed by atoms with van der Waals surface area (Å²) in [5.41, 5.74) is 7.80. The highest BCUT2D eigenvalue weighted by Gasteiger charge is 2.16. The van der Waals surface area contributed by atoms with Gasteiger partial charge >= 0.3 is 0 Å². The summed E-state index contributed by atoms with van der Waals surface area (Å²) < 4.78 is 0. The number of pyridine rings is 1. The van der Waals surface area contributed by atoms with Crippen LogP contribution in [0.3, 0.4) is 0 Å². The highest BCUT2D eigenvalue weighted by Crippen LogP contribution is 2.18. The molecule has 6 heteroatoms. The molecule has 0 radical (unpaired) electrons. The molecule has 0 unspecified atom stereocenters. The van der Waals surface area contributed by atoms with Crippen molar-refractivity contribution >= 4 is 29.9 Å². The monoisotopic (exact) mass is 339 g/mol. The molecule has 4 nitrogen and oxygen atoms in total. The van der Waals surface area contributed by atoms with Crippen molar-refractivity contribution < 1.29 is 4.79 Å². The Hall–Kier alpha value is -1.62. The highest BCUT2D eigenvalue weighted by molar-refractivity contribution is 6.31. The topological polar surface area (TPSA) is 59.2 Å². The summed E-state index contributed by atoms with van der Waals surface area (Å²) in [6, 6.07) is 11.0. The van der Waals surface area contributed by atoms with E-state index in [2.05, 4.69) is 4.98 Å². The molecule has 1 aromatic heterocycles. The molecule has 0 saturated carbocycles. The van der Waals surface area contributed by atoms with E-state index in [1.54, 1.807) is 23.2 Å². The van der Waals surface area contributed by atoms with E-state index in [4.69, 9.17) is 17.3 Å². The summed E-state index contributed by atoms with van der Waals surface area (Å²) >= 11 is 6.16. The summed E-state index contributed by atoms with van der Waals surface area (Å²) in [5, 5.41) is 0.668. The number of aromatic nitrogens is 1. The molecule has 0 fully saturated rings. The molecule has 1 aromatic carbocycles. The molecule has 1 amide bonds. The Morgan fingerprint density at radius 2 is 2.05 bits per heavy atom. The van der Waals surface area contributed by atoms with Crippen molar-refractivity contribution in [3.05, 3.63) is 64.4 Å². The molecule has 0 atom stereocenters. The fourth-order valence-electron chi connectivity index (χ4n) is 2.06. The van der Waals surface area contributed by atoms with Crippen molar-refractivity contribution in [3.63, 3.8) is 0 Å². The lowest BCUT2D eigenvalue weighted by molar-refractivity contribution is 0.0752. The average Bonchev–Trinajstić information content (AvgIpc) is 2.53. The third-order valence-electron chi connectivity index (χ3n) is 3.26. The second kappa shape index (κ2) is 8.73. The highest BCUT2D eigenvalue weighted by atomic mass is 35.5. The van der Waals surface area contributed by atoms with Gasteiger partial charge in [0.25, 0.3) is 5.91 Å². The Labute approximate surface area is 141 Å². The van der Waals surface area contributed by atoms with E-state index in [1.807, 2.05) is 31.2 Å². The summed E-state index contributed by atoms with van der Waals surface area (Å²) in [6.45, 7) is 3.34. The van der Waals surface area contributed by atoms with Gasteiger partial charge in [-0.25, -0.2) is 0 Å². The maximum atomic E-state index is 12.6. The van der Waals surface area contributed by atoms with Crippen LogP contribution in [0.4, 0.5) is 0 Å². The van der Waals surface area contributed by atoms with Gasteiger partial charge in [-0.1, -0.05) is 29.8 Å². The predicted octanol–water partition coefficient (Wildman–Crippen LogP) is 3.28. The second-order valence-electron chi connectivity index (χ2n) is 4.65. The normalized spacial score (nSPS) is 9.95. The third kappa shape index (κ3) is 4.44. The molecule has 0 saturated heterocycles. The van der Waals surface area contributed by atoms with E-state index in [9.17, 15) is 4.79 Å². The zero-order valence-electron chi connectivity index (χ0n) is 12.3. The van der Waals surface area contributed by atoms with Crippen LogP contribution in [0.2, 0.25) is 5.02 Å². The van der Waals surface area contributed by atoms with Gasteiger partial charge in [-0.05, 0) is 30.7 Å². The van der Waals surface area contributed by atoms with Crippen molar-refractivity contribution in [1.29, 1.82) is 0 Å². The van der Waals surface area contributed by atoms with Crippen molar-refractivity contribution in [2.24, 2.45) is 5.73 Å². The molecule has 0 aliphatic carbocycles. The van der Waals surface area contributed by atoms with E-state index in [0.717, 1.165) is 5.56 Å². The maximum absolute atomic E-state index is 12.6. The number of halogens is 2. The van der Waals surface area contributed by atoms with Crippen LogP contribution in [0, 0.1) is 0 Å². The second-order valence-corrected chi connectivity index (χ2v) is 5.06. The lowest BCUT2D eigenvalue weighted by atomic mass is 10.1. The van der Waals surface area contributed by atoms with E-state index in [-0.39, 0.29) is 18.3 Å². The zero-order chi connectivity index (χ0) is 15.2. The molecule has 2 N–H and O–H groups in total. The molecule has 2 aromatic rings. The van der Waals surface area contributed by atoms with Crippen LogP contribution in [0.25, 0.3) is 0 Å². The summed E-state index contributed by atoms with van der Waals surface area (Å²) in [5.74, 6) is -0.0467. The number of benzene rings is 1. The number of nitrogens with two attached hydrogens (primary N) is 1. The first-order valence-electron chi connectivity index (χ1n) is 6.83. The smallest absolute Gasteiger partial charge is 0.254 e. The number of nitrogens with zero attached hydrogens (tertiary/aromatic N) is 2. The van der Waals surface area contributed by atoms with Gasteiger partial charge in [0.1, 0.15) is 0 Å². The standard InChI is InChI=1S/C16H18ClN3O.ClH/c1-2-20(11-13-5-3-4-6-15(13)17)16(21)12-7-8-19-14(9-12)10-18;/h3-9H,2,10-11,18H2,1H3;1H. The molecular formula is C16H19Cl2N3O. The van der Waals surface area contributed by atoms with E-state index < -0.39 is 0 Å². The van der Waals surface area contributed by atoms with E-state index in [0.29, 0.717) is 35.9 Å². The summed E-state index contributed by atoms with van der Waals surface area (Å²) in [6.07, 6.45) is 1.61. The fraction of sp³-hybridized carbons (Fsp3) is 0.250. The van der Waals surface area contributed by atoms with Gasteiger partial charge in [0.15, 0.2) is 0 Å². The molecule has 0 aliphatic heterocycles. The molecule has 0 spiro atoms. The van der Waals surface area contributed by atoms with Crippen LogP contribution in [0.1, 0.15) is 28.5 Å². The van der Waals surface area contributed by atoms with Crippen molar-refractivity contribution in [1.82, 2.24) is 9.88 Å². The van der Waals surface area contributed by atoms with Crippen LogP contribution in [0.5, 0.6) is 0 Å². The maximum Gasteiger partial charge on any atom is 0.254 e. The Balaban J connectivity index is 0.00000242. The van der Waals surface area contributed by atoms with Crippen LogP contribution in [-0.2, 0) is 13.1 Å². The summed E-state index contributed by atoms with van der Waals surface area (Å²) in [4.78, 5) is 18.4. The molecule has 118 valence electrons. The number of carbonyl (C=O) groups is 1. The number of hydrogen-bond donors (Lipinski definition) is 1. The van der Waals surface area contributed by atoms with E-state index in [1.165, 1.54) is 0 Å². The first-order valence-corrected chi connectivity index (χ1v) is 7.21. The molecular weight excluding hydrogens is 321 g/mol. The first-order chi connectivity index (χ1) is 10.2. The lowest BCUT2D eigenvalue weighted by Crippen LogP contribution is -2.30. The Morgan fingerprint density at radius 3 is 2.68 bits per heavy atom. The van der Waals surface area contributed by atoms with Gasteiger partial charge in [0, 0.05) is 36.4 Å². The van der Waals surface area contributed by atoms with Gasteiger partial charge in [-0.15, -0.1) is 12.4 Å². The minimum atomic E-state index is -0.0467. The quantitative estimate of drug-likeness (QED) is 0.909. The van der Waals surface area contributed by atoms with Crippen molar-refractivity contribution in [3.8, 4) is 0 Å². The molecule has 1 heterocycles. The Kier molecular flexibility index (Phi) is 7.32. The predicted molar refractivity (Wildman–Crippen MR) is 91.2 cm³/mol. The lowest BCUT2D eigenvalue weighted by Gasteiger charge is -2.21. The number of amides is 1. The molecule has 0 bridgehead atoms. The van der Waals surface area contributed by atoms with Gasteiger partial charge in [0.2, 0.25) is 0 Å². The molecule has 22 heavy (non-hydrogen) atoms. The van der Waals surface area contributed by atoms with Crippen LogP contribution < -0.4 is 5.73 Å². The van der Waals surface area contributed by atoms with Crippen LogP contribution in [0.15, 0.2) is 42.6 Å². The largest absolute Gasteiger partial charge is 0.335 e.